The molecular formula is C6H7NO5. The maximum Gasteiger partial charge on any atom is 0.414 e. The van der Waals surface area contributed by atoms with Gasteiger partial charge in [-0.3, -0.25) is 9.59 Å². The second-order valence-electron chi connectivity index (χ2n) is 1.80. The number of rotatable bonds is 3. The van der Waals surface area contributed by atoms with Crippen molar-refractivity contribution in [1.29, 1.82) is 0 Å². The summed E-state index contributed by atoms with van der Waals surface area (Å²) in [5.41, 5.74) is 0. The van der Waals surface area contributed by atoms with E-state index >= 15 is 0 Å². The molecule has 0 saturated carbocycles. The van der Waals surface area contributed by atoms with Crippen molar-refractivity contribution in [1.82, 2.24) is 4.90 Å². The number of nitrogens with zero attached hydrogens (tertiary/aromatic N) is 1. The molecule has 0 aliphatic heterocycles. The molecule has 0 unspecified atom stereocenters. The molecule has 0 radical (unpaired) electrons. The molecule has 2 N–H and O–H groups in total. The van der Waals surface area contributed by atoms with Crippen LogP contribution in [0.4, 0.5) is 4.79 Å². The Morgan fingerprint density at radius 1 is 1.33 bits per heavy atom. The van der Waals surface area contributed by atoms with Gasteiger partial charge >= 0.3 is 12.1 Å². The Kier molecular flexibility index (Phi) is 3.48. The van der Waals surface area contributed by atoms with Crippen molar-refractivity contribution < 1.29 is 24.6 Å². The molecular weight excluding hydrogens is 166 g/mol. The van der Waals surface area contributed by atoms with Gasteiger partial charge < -0.3 is 10.2 Å². The molecule has 6 heteroatoms. The summed E-state index contributed by atoms with van der Waals surface area (Å²) in [6.45, 7) is 2.15. The van der Waals surface area contributed by atoms with Crippen LogP contribution < -0.4 is 0 Å². The van der Waals surface area contributed by atoms with Crippen LogP contribution in [0.3, 0.4) is 0 Å². The number of carboxylic acid groups (broad SMARTS) is 2. The van der Waals surface area contributed by atoms with Crippen LogP contribution in [0.1, 0.15) is 0 Å². The number of carbonyl (C=O) groups excluding carboxylic acids is 1. The quantitative estimate of drug-likeness (QED) is 0.574. The third-order valence-corrected chi connectivity index (χ3v) is 0.965. The van der Waals surface area contributed by atoms with Crippen LogP contribution in [-0.4, -0.2) is 39.6 Å². The van der Waals surface area contributed by atoms with Gasteiger partial charge in [-0.05, 0) is 6.08 Å². The summed E-state index contributed by atoms with van der Waals surface area (Å²) in [6, 6.07) is 0. The molecule has 66 valence electrons. The normalized spacial score (nSPS) is 8.67. The highest BCUT2D eigenvalue weighted by Crippen LogP contribution is 1.91. The third-order valence-electron chi connectivity index (χ3n) is 0.965. The molecule has 0 rings (SSSR count). The van der Waals surface area contributed by atoms with Gasteiger partial charge in [-0.2, -0.15) is 0 Å². The summed E-state index contributed by atoms with van der Waals surface area (Å²) in [5, 5.41) is 16.5. The van der Waals surface area contributed by atoms with Crippen molar-refractivity contribution in [2.45, 2.75) is 0 Å². The first-order chi connectivity index (χ1) is 5.49. The number of aliphatic carboxylic acids is 1. The maximum absolute atomic E-state index is 10.7. The van der Waals surface area contributed by atoms with E-state index in [9.17, 15) is 14.4 Å². The fourth-order valence-corrected chi connectivity index (χ4v) is 0.485. The predicted octanol–water partition coefficient (Wildman–Crippen LogP) is -0.236. The Bertz CT molecular complexity index is 234. The third kappa shape index (κ3) is 2.82. The second-order valence-corrected chi connectivity index (χ2v) is 1.80. The maximum atomic E-state index is 10.7. The van der Waals surface area contributed by atoms with Crippen molar-refractivity contribution in [3.8, 4) is 0 Å². The molecule has 0 aromatic heterocycles. The van der Waals surface area contributed by atoms with Gasteiger partial charge in [0.2, 0.25) is 0 Å². The number of hydrogen-bond acceptors (Lipinski definition) is 3. The second kappa shape index (κ2) is 4.12. The van der Waals surface area contributed by atoms with Crippen LogP contribution in [0.25, 0.3) is 0 Å². The van der Waals surface area contributed by atoms with Gasteiger partial charge in [0.15, 0.2) is 0 Å². The minimum absolute atomic E-state index is 0.148. The fraction of sp³-hybridized carbons (Fsp3) is 0.167. The van der Waals surface area contributed by atoms with Crippen LogP contribution in [0.15, 0.2) is 12.7 Å². The largest absolute Gasteiger partial charge is 0.480 e. The lowest BCUT2D eigenvalue weighted by Gasteiger charge is -2.11. The van der Waals surface area contributed by atoms with E-state index in [-0.39, 0.29) is 4.90 Å². The molecule has 0 saturated heterocycles. The molecule has 2 amide bonds. The van der Waals surface area contributed by atoms with E-state index in [1.165, 1.54) is 0 Å². The number of carbonyl (C=O) groups is 3. The first kappa shape index (κ1) is 10.2. The molecule has 12 heavy (non-hydrogen) atoms. The van der Waals surface area contributed by atoms with Crippen LogP contribution in [-0.2, 0) is 9.59 Å². The summed E-state index contributed by atoms with van der Waals surface area (Å²) < 4.78 is 0. The van der Waals surface area contributed by atoms with Crippen molar-refractivity contribution in [2.24, 2.45) is 0 Å². The fourth-order valence-electron chi connectivity index (χ4n) is 0.485. The average molecular weight is 173 g/mol. The van der Waals surface area contributed by atoms with E-state index in [0.717, 1.165) is 6.08 Å². The van der Waals surface area contributed by atoms with E-state index in [1.807, 2.05) is 0 Å². The summed E-state index contributed by atoms with van der Waals surface area (Å²) in [4.78, 5) is 31.1. The zero-order valence-corrected chi connectivity index (χ0v) is 6.06. The van der Waals surface area contributed by atoms with E-state index < -0.39 is 24.5 Å². The topological polar surface area (TPSA) is 94.9 Å². The van der Waals surface area contributed by atoms with Gasteiger partial charge in [-0.15, -0.1) is 0 Å². The number of carboxylic acids is 1. The van der Waals surface area contributed by atoms with Gasteiger partial charge in [0.25, 0.3) is 5.91 Å². The molecule has 0 aromatic rings. The van der Waals surface area contributed by atoms with Crippen molar-refractivity contribution in [3.05, 3.63) is 12.7 Å². The Balaban J connectivity index is 4.43. The van der Waals surface area contributed by atoms with Gasteiger partial charge in [0.1, 0.15) is 6.54 Å². The molecule has 0 fully saturated rings. The summed E-state index contributed by atoms with van der Waals surface area (Å²) in [6.07, 6.45) is -0.876. The molecule has 0 aliphatic carbocycles. The summed E-state index contributed by atoms with van der Waals surface area (Å²) in [5.74, 6) is -2.35. The zero-order chi connectivity index (χ0) is 9.72. The molecule has 0 atom stereocenters. The number of imide groups is 1. The minimum Gasteiger partial charge on any atom is -0.480 e. The lowest BCUT2D eigenvalue weighted by Crippen LogP contribution is -2.38. The highest BCUT2D eigenvalue weighted by molar-refractivity contribution is 5.99. The SMILES string of the molecule is C=CC(=O)N(CC(=O)O)C(=O)O. The standard InChI is InChI=1S/C6H7NO5/c1-2-4(8)7(6(11)12)3-5(9)10/h2H,1,3H2,(H,9,10)(H,11,12). The number of hydrogen-bond donors (Lipinski definition) is 2. The van der Waals surface area contributed by atoms with Crippen molar-refractivity contribution >= 4 is 18.0 Å². The summed E-state index contributed by atoms with van der Waals surface area (Å²) in [7, 11) is 0. The van der Waals surface area contributed by atoms with Crippen molar-refractivity contribution in [3.63, 3.8) is 0 Å². The molecule has 0 aliphatic rings. The molecule has 0 spiro atoms. The first-order valence-electron chi connectivity index (χ1n) is 2.87. The smallest absolute Gasteiger partial charge is 0.414 e. The van der Waals surface area contributed by atoms with Crippen LogP contribution in [0.2, 0.25) is 0 Å². The molecule has 6 nitrogen and oxygen atoms in total. The van der Waals surface area contributed by atoms with Crippen molar-refractivity contribution in [2.75, 3.05) is 6.54 Å². The average Bonchev–Trinajstić information content (AvgIpc) is 1.98. The Labute approximate surface area is 67.7 Å². The Hall–Kier alpha value is -1.85. The molecule has 0 heterocycles. The van der Waals surface area contributed by atoms with E-state index in [4.69, 9.17) is 10.2 Å². The Morgan fingerprint density at radius 3 is 2.08 bits per heavy atom. The van der Waals surface area contributed by atoms with Gasteiger partial charge in [-0.25, -0.2) is 9.69 Å². The number of amides is 2. The minimum atomic E-state index is -1.61. The molecule has 0 bridgehead atoms. The monoisotopic (exact) mass is 173 g/mol. The van der Waals surface area contributed by atoms with E-state index in [1.54, 1.807) is 0 Å². The Morgan fingerprint density at radius 2 is 1.83 bits per heavy atom. The first-order valence-corrected chi connectivity index (χ1v) is 2.87. The van der Waals surface area contributed by atoms with E-state index in [2.05, 4.69) is 6.58 Å². The van der Waals surface area contributed by atoms with Gasteiger partial charge in [-0.1, -0.05) is 6.58 Å². The van der Waals surface area contributed by atoms with Gasteiger partial charge in [0, 0.05) is 0 Å². The van der Waals surface area contributed by atoms with Crippen LogP contribution >= 0.6 is 0 Å². The molecule has 0 aromatic carbocycles. The predicted molar refractivity (Wildman–Crippen MR) is 37.6 cm³/mol. The summed E-state index contributed by atoms with van der Waals surface area (Å²) >= 11 is 0. The van der Waals surface area contributed by atoms with E-state index in [0.29, 0.717) is 0 Å². The highest BCUT2D eigenvalue weighted by Gasteiger charge is 2.20. The zero-order valence-electron chi connectivity index (χ0n) is 6.06. The lowest BCUT2D eigenvalue weighted by atomic mass is 10.5. The highest BCUT2D eigenvalue weighted by atomic mass is 16.4. The van der Waals surface area contributed by atoms with Crippen LogP contribution in [0.5, 0.6) is 0 Å². The van der Waals surface area contributed by atoms with Gasteiger partial charge in [0.05, 0.1) is 0 Å². The van der Waals surface area contributed by atoms with Crippen LogP contribution in [0, 0.1) is 0 Å². The lowest BCUT2D eigenvalue weighted by molar-refractivity contribution is -0.141.